The second kappa shape index (κ2) is 9.30. The van der Waals surface area contributed by atoms with Crippen LogP contribution in [0.25, 0.3) is 6.08 Å². The first kappa shape index (κ1) is 19.8. The van der Waals surface area contributed by atoms with Crippen molar-refractivity contribution < 1.29 is 14.3 Å². The minimum atomic E-state index is -0.529. The summed E-state index contributed by atoms with van der Waals surface area (Å²) in [6.45, 7) is 5.94. The lowest BCUT2D eigenvalue weighted by Crippen LogP contribution is -2.36. The molecule has 1 aliphatic heterocycles. The summed E-state index contributed by atoms with van der Waals surface area (Å²) in [5, 5.41) is 3.21. The number of ether oxygens (including phenoxy) is 1. The second-order valence-electron chi connectivity index (χ2n) is 6.74. The molecular weight excluding hydrogens is 354 g/mol. The third kappa shape index (κ3) is 5.28. The van der Waals surface area contributed by atoms with Gasteiger partial charge in [-0.2, -0.15) is 0 Å². The lowest BCUT2D eigenvalue weighted by molar-refractivity contribution is 0.0435. The van der Waals surface area contributed by atoms with Crippen molar-refractivity contribution in [1.82, 2.24) is 4.90 Å². The number of primary amides is 1. The van der Waals surface area contributed by atoms with Gasteiger partial charge in [0.25, 0.3) is 0 Å². The minimum absolute atomic E-state index is 0.0822. The van der Waals surface area contributed by atoms with Gasteiger partial charge in [-0.3, -0.25) is 14.5 Å². The van der Waals surface area contributed by atoms with Gasteiger partial charge in [-0.25, -0.2) is 0 Å². The van der Waals surface area contributed by atoms with Gasteiger partial charge in [-0.15, -0.1) is 0 Å². The van der Waals surface area contributed by atoms with Gasteiger partial charge in [0, 0.05) is 36.4 Å². The predicted octanol–water partition coefficient (Wildman–Crippen LogP) is 3.08. The fourth-order valence-electron chi connectivity index (χ4n) is 3.06. The van der Waals surface area contributed by atoms with Crippen LogP contribution in [-0.4, -0.2) is 49.4 Å². The molecule has 1 fully saturated rings. The highest BCUT2D eigenvalue weighted by molar-refractivity contribution is 6.03. The van der Waals surface area contributed by atoms with Crippen LogP contribution in [-0.2, 0) is 4.74 Å². The lowest BCUT2D eigenvalue weighted by Gasteiger charge is -2.25. The molecule has 3 N–H and O–H groups in total. The van der Waals surface area contributed by atoms with E-state index in [0.717, 1.165) is 44.1 Å². The monoisotopic (exact) mass is 379 g/mol. The average Bonchev–Trinajstić information content (AvgIpc) is 2.70. The zero-order valence-electron chi connectivity index (χ0n) is 16.0. The largest absolute Gasteiger partial charge is 0.379 e. The number of amides is 1. The quantitative estimate of drug-likeness (QED) is 0.722. The maximum Gasteiger partial charge on any atom is 0.248 e. The van der Waals surface area contributed by atoms with E-state index >= 15 is 0 Å². The summed E-state index contributed by atoms with van der Waals surface area (Å²) in [5.41, 5.74) is 8.71. The second-order valence-corrected chi connectivity index (χ2v) is 6.74. The SMILES string of the molecule is CC(=O)c1ccc(C(N)=O)cc1Nc1ccc(/C=C/CN2CCOCC2)cc1. The molecule has 146 valence electrons. The number of carbonyl (C=O) groups is 2. The summed E-state index contributed by atoms with van der Waals surface area (Å²) >= 11 is 0. The van der Waals surface area contributed by atoms with Gasteiger partial charge in [0.15, 0.2) is 5.78 Å². The number of rotatable bonds is 7. The van der Waals surface area contributed by atoms with Crippen LogP contribution in [0.15, 0.2) is 48.5 Å². The number of ketones is 1. The fourth-order valence-corrected chi connectivity index (χ4v) is 3.06. The maximum absolute atomic E-state index is 11.9. The normalized spacial score (nSPS) is 14.9. The van der Waals surface area contributed by atoms with E-state index in [1.165, 1.54) is 6.92 Å². The summed E-state index contributed by atoms with van der Waals surface area (Å²) in [4.78, 5) is 25.7. The molecule has 0 saturated carbocycles. The van der Waals surface area contributed by atoms with Crippen molar-refractivity contribution in [2.45, 2.75) is 6.92 Å². The number of nitrogens with one attached hydrogen (secondary N) is 1. The third-order valence-corrected chi connectivity index (χ3v) is 4.65. The Morgan fingerprint density at radius 3 is 2.50 bits per heavy atom. The number of nitrogens with zero attached hydrogens (tertiary/aromatic N) is 1. The fraction of sp³-hybridized carbons (Fsp3) is 0.273. The van der Waals surface area contributed by atoms with E-state index in [1.807, 2.05) is 24.3 Å². The van der Waals surface area contributed by atoms with Crippen molar-refractivity contribution >= 4 is 29.1 Å². The summed E-state index contributed by atoms with van der Waals surface area (Å²) in [6, 6.07) is 12.7. The Kier molecular flexibility index (Phi) is 6.57. The molecule has 1 amide bonds. The van der Waals surface area contributed by atoms with Crippen molar-refractivity contribution in [3.05, 3.63) is 65.2 Å². The Bertz CT molecular complexity index is 869. The number of benzene rings is 2. The minimum Gasteiger partial charge on any atom is -0.379 e. The summed E-state index contributed by atoms with van der Waals surface area (Å²) in [5.74, 6) is -0.611. The molecule has 0 radical (unpaired) electrons. The molecule has 2 aromatic rings. The van der Waals surface area contributed by atoms with Gasteiger partial charge in [-0.1, -0.05) is 24.3 Å². The van der Waals surface area contributed by atoms with Gasteiger partial charge in [0.2, 0.25) is 5.91 Å². The molecule has 1 saturated heterocycles. The van der Waals surface area contributed by atoms with Crippen LogP contribution in [0.5, 0.6) is 0 Å². The van der Waals surface area contributed by atoms with Crippen LogP contribution in [0.1, 0.15) is 33.2 Å². The van der Waals surface area contributed by atoms with Gasteiger partial charge in [0.05, 0.1) is 18.9 Å². The molecule has 2 aromatic carbocycles. The smallest absolute Gasteiger partial charge is 0.248 e. The van der Waals surface area contributed by atoms with Crippen LogP contribution < -0.4 is 11.1 Å². The van der Waals surface area contributed by atoms with Gasteiger partial charge in [0.1, 0.15) is 0 Å². The zero-order valence-corrected chi connectivity index (χ0v) is 16.0. The number of hydrogen-bond donors (Lipinski definition) is 2. The zero-order chi connectivity index (χ0) is 19.9. The van der Waals surface area contributed by atoms with E-state index < -0.39 is 5.91 Å². The van der Waals surface area contributed by atoms with Crippen molar-refractivity contribution in [2.24, 2.45) is 5.73 Å². The number of hydrogen-bond acceptors (Lipinski definition) is 5. The summed E-state index contributed by atoms with van der Waals surface area (Å²) < 4.78 is 5.35. The van der Waals surface area contributed by atoms with E-state index in [9.17, 15) is 9.59 Å². The highest BCUT2D eigenvalue weighted by Gasteiger charge is 2.11. The van der Waals surface area contributed by atoms with Crippen molar-refractivity contribution in [1.29, 1.82) is 0 Å². The molecule has 0 aromatic heterocycles. The molecule has 1 aliphatic rings. The third-order valence-electron chi connectivity index (χ3n) is 4.65. The van der Waals surface area contributed by atoms with Gasteiger partial charge < -0.3 is 15.8 Å². The number of Topliss-reactive ketones (excluding diaryl/α,β-unsaturated/α-hetero) is 1. The molecule has 6 heteroatoms. The van der Waals surface area contributed by atoms with Crippen molar-refractivity contribution in [3.63, 3.8) is 0 Å². The number of anilines is 2. The Morgan fingerprint density at radius 1 is 1.14 bits per heavy atom. The topological polar surface area (TPSA) is 84.7 Å². The predicted molar refractivity (Wildman–Crippen MR) is 111 cm³/mol. The maximum atomic E-state index is 11.9. The number of morpholine rings is 1. The number of carbonyl (C=O) groups excluding carboxylic acids is 2. The standard InChI is InChI=1S/C22H25N3O3/c1-16(26)20-9-6-18(22(23)27)15-21(20)24-19-7-4-17(5-8-19)3-2-10-25-11-13-28-14-12-25/h2-9,15,24H,10-14H2,1H3,(H2,23,27)/b3-2+. The van der Waals surface area contributed by atoms with E-state index in [-0.39, 0.29) is 5.78 Å². The Morgan fingerprint density at radius 2 is 1.86 bits per heavy atom. The van der Waals surface area contributed by atoms with E-state index in [0.29, 0.717) is 16.8 Å². The molecule has 6 nitrogen and oxygen atoms in total. The Balaban J connectivity index is 1.67. The van der Waals surface area contributed by atoms with E-state index in [4.69, 9.17) is 10.5 Å². The Hall–Kier alpha value is -2.96. The first-order valence-corrected chi connectivity index (χ1v) is 9.31. The molecular formula is C22H25N3O3. The molecule has 0 unspecified atom stereocenters. The van der Waals surface area contributed by atoms with Crippen LogP contribution in [0.4, 0.5) is 11.4 Å². The summed E-state index contributed by atoms with van der Waals surface area (Å²) in [7, 11) is 0. The molecule has 28 heavy (non-hydrogen) atoms. The average molecular weight is 379 g/mol. The highest BCUT2D eigenvalue weighted by atomic mass is 16.5. The highest BCUT2D eigenvalue weighted by Crippen LogP contribution is 2.23. The number of nitrogens with two attached hydrogens (primary N) is 1. The van der Waals surface area contributed by atoms with Crippen LogP contribution >= 0.6 is 0 Å². The van der Waals surface area contributed by atoms with Gasteiger partial charge in [-0.05, 0) is 42.8 Å². The van der Waals surface area contributed by atoms with Crippen LogP contribution in [0.2, 0.25) is 0 Å². The van der Waals surface area contributed by atoms with Crippen molar-refractivity contribution in [3.8, 4) is 0 Å². The first-order chi connectivity index (χ1) is 13.5. The summed E-state index contributed by atoms with van der Waals surface area (Å²) in [6.07, 6.45) is 4.24. The van der Waals surface area contributed by atoms with Gasteiger partial charge >= 0.3 is 0 Å². The van der Waals surface area contributed by atoms with E-state index in [1.54, 1.807) is 18.2 Å². The molecule has 0 atom stereocenters. The molecule has 0 spiro atoms. The molecule has 0 bridgehead atoms. The van der Waals surface area contributed by atoms with Crippen LogP contribution in [0.3, 0.4) is 0 Å². The van der Waals surface area contributed by atoms with E-state index in [2.05, 4.69) is 22.4 Å². The first-order valence-electron chi connectivity index (χ1n) is 9.31. The molecule has 3 rings (SSSR count). The van der Waals surface area contributed by atoms with Crippen LogP contribution in [0, 0.1) is 0 Å². The van der Waals surface area contributed by atoms with Crippen molar-refractivity contribution in [2.75, 3.05) is 38.2 Å². The molecule has 0 aliphatic carbocycles. The lowest BCUT2D eigenvalue weighted by atomic mass is 10.0. The Labute approximate surface area is 165 Å². The molecule has 1 heterocycles.